The molecule has 0 fully saturated rings. The molecule has 0 aliphatic carbocycles. The van der Waals surface area contributed by atoms with Crippen molar-refractivity contribution in [3.05, 3.63) is 51.3 Å². The molecular formula is C20H20ClN3O4S2. The standard InChI is InChI=1S/C20H20ClN3O4S2/c1-27-8-7-22-18(25)12-30-20-23-16(11-14-4-3-9-29-14)19(26)24(20)13-5-6-17(28-2)15(21)10-13/h3-6,9-11H,7-8,12H2,1-2H3,(H,22,25)/b16-11-. The number of hydrogen-bond acceptors (Lipinski definition) is 7. The Kier molecular flexibility index (Phi) is 7.92. The molecule has 10 heteroatoms. The lowest BCUT2D eigenvalue weighted by molar-refractivity contribution is -0.118. The molecule has 3 rings (SSSR count). The molecule has 2 aromatic rings. The number of amidine groups is 1. The molecule has 1 aromatic carbocycles. The van der Waals surface area contributed by atoms with Crippen LogP contribution in [0.2, 0.25) is 5.02 Å². The van der Waals surface area contributed by atoms with Crippen molar-refractivity contribution in [2.45, 2.75) is 0 Å². The summed E-state index contributed by atoms with van der Waals surface area (Å²) in [5.41, 5.74) is 0.845. The molecule has 158 valence electrons. The average molecular weight is 466 g/mol. The fourth-order valence-corrected chi connectivity index (χ4v) is 4.34. The lowest BCUT2D eigenvalue weighted by Gasteiger charge is -2.18. The number of benzene rings is 1. The average Bonchev–Trinajstić information content (AvgIpc) is 3.35. The summed E-state index contributed by atoms with van der Waals surface area (Å²) in [7, 11) is 3.09. The van der Waals surface area contributed by atoms with Gasteiger partial charge in [-0.15, -0.1) is 11.3 Å². The quantitative estimate of drug-likeness (QED) is 0.475. The maximum atomic E-state index is 13.1. The minimum atomic E-state index is -0.285. The fraction of sp³-hybridized carbons (Fsp3) is 0.250. The highest BCUT2D eigenvalue weighted by atomic mass is 35.5. The van der Waals surface area contributed by atoms with E-state index in [0.717, 1.165) is 4.88 Å². The predicted molar refractivity (Wildman–Crippen MR) is 123 cm³/mol. The van der Waals surface area contributed by atoms with Gasteiger partial charge in [0.05, 0.1) is 30.2 Å². The number of thiophene rings is 1. The lowest BCUT2D eigenvalue weighted by Crippen LogP contribution is -2.33. The third kappa shape index (κ3) is 5.42. The minimum absolute atomic E-state index is 0.114. The molecule has 7 nitrogen and oxygen atoms in total. The van der Waals surface area contributed by atoms with Gasteiger partial charge in [-0.25, -0.2) is 4.99 Å². The lowest BCUT2D eigenvalue weighted by atomic mass is 10.2. The first kappa shape index (κ1) is 22.4. The molecule has 0 atom stereocenters. The van der Waals surface area contributed by atoms with Crippen LogP contribution in [0.4, 0.5) is 5.69 Å². The first-order valence-corrected chi connectivity index (χ1v) is 11.2. The summed E-state index contributed by atoms with van der Waals surface area (Å²) >= 11 is 8.94. The Morgan fingerprint density at radius 2 is 2.20 bits per heavy atom. The number of hydrogen-bond donors (Lipinski definition) is 1. The van der Waals surface area contributed by atoms with Crippen LogP contribution < -0.4 is 15.0 Å². The Morgan fingerprint density at radius 1 is 1.37 bits per heavy atom. The van der Waals surface area contributed by atoms with Crippen molar-refractivity contribution < 1.29 is 19.1 Å². The van der Waals surface area contributed by atoms with Crippen molar-refractivity contribution in [2.75, 3.05) is 38.0 Å². The van der Waals surface area contributed by atoms with E-state index in [1.54, 1.807) is 31.4 Å². The Bertz CT molecular complexity index is 976. The van der Waals surface area contributed by atoms with Crippen molar-refractivity contribution in [2.24, 2.45) is 4.99 Å². The van der Waals surface area contributed by atoms with Gasteiger partial charge >= 0.3 is 0 Å². The van der Waals surface area contributed by atoms with Gasteiger partial charge in [0.2, 0.25) is 5.91 Å². The van der Waals surface area contributed by atoms with Crippen LogP contribution in [0.15, 0.2) is 46.4 Å². The molecule has 1 aromatic heterocycles. The summed E-state index contributed by atoms with van der Waals surface area (Å²) in [4.78, 5) is 32.0. The van der Waals surface area contributed by atoms with E-state index in [0.29, 0.717) is 40.5 Å². The smallest absolute Gasteiger partial charge is 0.283 e. The van der Waals surface area contributed by atoms with Gasteiger partial charge in [-0.05, 0) is 35.7 Å². The topological polar surface area (TPSA) is 80.2 Å². The van der Waals surface area contributed by atoms with E-state index in [9.17, 15) is 9.59 Å². The number of rotatable bonds is 8. The minimum Gasteiger partial charge on any atom is -0.495 e. The zero-order valence-corrected chi connectivity index (χ0v) is 18.8. The summed E-state index contributed by atoms with van der Waals surface area (Å²) in [5.74, 6) is 0.162. The second kappa shape index (κ2) is 10.6. The maximum absolute atomic E-state index is 13.1. The van der Waals surface area contributed by atoms with Crippen LogP contribution in [-0.2, 0) is 14.3 Å². The summed E-state index contributed by atoms with van der Waals surface area (Å²) in [6.45, 7) is 0.850. The number of methoxy groups -OCH3 is 2. The van der Waals surface area contributed by atoms with Crippen LogP contribution in [0, 0.1) is 0 Å². The molecule has 1 aliphatic heterocycles. The first-order chi connectivity index (χ1) is 14.5. The van der Waals surface area contributed by atoms with E-state index in [-0.39, 0.29) is 17.6 Å². The van der Waals surface area contributed by atoms with Crippen LogP contribution in [-0.4, -0.2) is 50.1 Å². The van der Waals surface area contributed by atoms with E-state index >= 15 is 0 Å². The second-order valence-electron chi connectivity index (χ2n) is 6.03. The van der Waals surface area contributed by atoms with Gasteiger partial charge in [0.25, 0.3) is 5.91 Å². The van der Waals surface area contributed by atoms with Crippen molar-refractivity contribution >= 4 is 63.4 Å². The number of carbonyl (C=O) groups is 2. The SMILES string of the molecule is COCCNC(=O)CSC1=N/C(=C\c2cccs2)C(=O)N1c1ccc(OC)c(Cl)c1. The van der Waals surface area contributed by atoms with Gasteiger partial charge in [-0.3, -0.25) is 14.5 Å². The van der Waals surface area contributed by atoms with Gasteiger partial charge < -0.3 is 14.8 Å². The highest BCUT2D eigenvalue weighted by Gasteiger charge is 2.32. The Hall–Kier alpha value is -2.33. The molecule has 0 saturated heterocycles. The van der Waals surface area contributed by atoms with Crippen LogP contribution in [0.5, 0.6) is 5.75 Å². The van der Waals surface area contributed by atoms with Gasteiger partial charge in [0, 0.05) is 18.5 Å². The van der Waals surface area contributed by atoms with E-state index < -0.39 is 0 Å². The summed E-state index contributed by atoms with van der Waals surface area (Å²) in [5, 5.41) is 5.46. The summed E-state index contributed by atoms with van der Waals surface area (Å²) in [6, 6.07) is 8.86. The Labute approximate surface area is 187 Å². The maximum Gasteiger partial charge on any atom is 0.283 e. The van der Waals surface area contributed by atoms with Gasteiger partial charge in [0.15, 0.2) is 5.17 Å². The third-order valence-electron chi connectivity index (χ3n) is 4.01. The third-order valence-corrected chi connectivity index (χ3v) is 6.06. The van der Waals surface area contributed by atoms with Crippen LogP contribution in [0.1, 0.15) is 4.88 Å². The first-order valence-electron chi connectivity index (χ1n) is 8.94. The fourth-order valence-electron chi connectivity index (χ4n) is 2.60. The number of thioether (sulfide) groups is 1. The monoisotopic (exact) mass is 465 g/mol. The highest BCUT2D eigenvalue weighted by Crippen LogP contribution is 2.34. The number of ether oxygens (including phenoxy) is 2. The predicted octanol–water partition coefficient (Wildman–Crippen LogP) is 3.65. The number of carbonyl (C=O) groups excluding carboxylic acids is 2. The molecule has 1 N–H and O–H groups in total. The number of halogens is 1. The van der Waals surface area contributed by atoms with Crippen LogP contribution in [0.25, 0.3) is 6.08 Å². The molecule has 0 bridgehead atoms. The molecule has 0 saturated carbocycles. The zero-order chi connectivity index (χ0) is 21.5. The largest absolute Gasteiger partial charge is 0.495 e. The van der Waals surface area contributed by atoms with Crippen LogP contribution >= 0.6 is 34.7 Å². The number of nitrogens with one attached hydrogen (secondary N) is 1. The zero-order valence-electron chi connectivity index (χ0n) is 16.4. The molecule has 2 heterocycles. The summed E-state index contributed by atoms with van der Waals surface area (Å²) in [6.07, 6.45) is 1.73. The number of aliphatic imine (C=N–C) groups is 1. The van der Waals surface area contributed by atoms with Gasteiger partial charge in [0.1, 0.15) is 11.4 Å². The second-order valence-corrected chi connectivity index (χ2v) is 8.36. The molecule has 0 radical (unpaired) electrons. The van der Waals surface area contributed by atoms with Gasteiger partial charge in [-0.2, -0.15) is 0 Å². The molecule has 2 amide bonds. The molecule has 1 aliphatic rings. The van der Waals surface area contributed by atoms with E-state index in [1.807, 2.05) is 17.5 Å². The Balaban J connectivity index is 1.84. The van der Waals surface area contributed by atoms with Crippen molar-refractivity contribution in [1.82, 2.24) is 5.32 Å². The van der Waals surface area contributed by atoms with Crippen molar-refractivity contribution in [3.8, 4) is 5.75 Å². The van der Waals surface area contributed by atoms with Gasteiger partial charge in [-0.1, -0.05) is 29.4 Å². The number of anilines is 1. The number of amides is 2. The van der Waals surface area contributed by atoms with Crippen molar-refractivity contribution in [1.29, 1.82) is 0 Å². The molecule has 30 heavy (non-hydrogen) atoms. The van der Waals surface area contributed by atoms with E-state index in [1.165, 1.54) is 35.1 Å². The Morgan fingerprint density at radius 3 is 2.87 bits per heavy atom. The molecular weight excluding hydrogens is 446 g/mol. The van der Waals surface area contributed by atoms with E-state index in [2.05, 4.69) is 10.3 Å². The molecule has 0 spiro atoms. The highest BCUT2D eigenvalue weighted by molar-refractivity contribution is 8.14. The van der Waals surface area contributed by atoms with Crippen LogP contribution in [0.3, 0.4) is 0 Å². The summed E-state index contributed by atoms with van der Waals surface area (Å²) < 4.78 is 10.1. The molecule has 0 unspecified atom stereocenters. The van der Waals surface area contributed by atoms with E-state index in [4.69, 9.17) is 21.1 Å². The van der Waals surface area contributed by atoms with Crippen molar-refractivity contribution in [3.63, 3.8) is 0 Å². The number of nitrogens with zero attached hydrogens (tertiary/aromatic N) is 2. The normalized spacial score (nSPS) is 14.9.